The fraction of sp³-hybridized carbons (Fsp3) is 0.786. The molecule has 0 amide bonds. The Bertz CT molecular complexity index is 436. The summed E-state index contributed by atoms with van der Waals surface area (Å²) < 4.78 is 18.7. The molecule has 2 rings (SSSR count). The van der Waals surface area contributed by atoms with Gasteiger partial charge in [-0.15, -0.1) is 5.10 Å². The summed E-state index contributed by atoms with van der Waals surface area (Å²) in [5.74, 6) is 0.672. The molecule has 5 nitrogen and oxygen atoms in total. The Morgan fingerprint density at radius 2 is 2.10 bits per heavy atom. The van der Waals surface area contributed by atoms with E-state index in [0.717, 1.165) is 6.54 Å². The number of aromatic nitrogens is 2. The van der Waals surface area contributed by atoms with Gasteiger partial charge in [0.2, 0.25) is 5.88 Å². The Labute approximate surface area is 122 Å². The highest BCUT2D eigenvalue weighted by Gasteiger charge is 2.36. The second-order valence-electron chi connectivity index (χ2n) is 6.80. The second kappa shape index (κ2) is 5.87. The van der Waals surface area contributed by atoms with Crippen molar-refractivity contribution in [3.05, 3.63) is 12.3 Å². The Kier molecular flexibility index (Phi) is 4.56. The molecule has 20 heavy (non-hydrogen) atoms. The van der Waals surface area contributed by atoms with Gasteiger partial charge < -0.3 is 13.9 Å². The Balaban J connectivity index is 1.76. The van der Waals surface area contributed by atoms with Gasteiger partial charge in [-0.3, -0.25) is 4.68 Å². The van der Waals surface area contributed by atoms with Crippen molar-refractivity contribution in [3.63, 3.8) is 0 Å². The molecule has 1 aliphatic rings. The van der Waals surface area contributed by atoms with Gasteiger partial charge >= 0.3 is 0 Å². The summed E-state index contributed by atoms with van der Waals surface area (Å²) in [6.45, 7) is 14.1. The molecular formula is C14H26N2O3Si. The molecule has 0 aliphatic carbocycles. The summed E-state index contributed by atoms with van der Waals surface area (Å²) in [5, 5.41) is 4.63. The molecule has 114 valence electrons. The summed E-state index contributed by atoms with van der Waals surface area (Å²) in [7, 11) is -1.66. The van der Waals surface area contributed by atoms with Crippen LogP contribution < -0.4 is 4.74 Å². The minimum absolute atomic E-state index is 0.168. The molecule has 0 spiro atoms. The summed E-state index contributed by atoms with van der Waals surface area (Å²) in [5.41, 5.74) is 0. The zero-order valence-electron chi connectivity index (χ0n) is 13.2. The van der Waals surface area contributed by atoms with Crippen LogP contribution in [0.1, 0.15) is 20.8 Å². The van der Waals surface area contributed by atoms with Gasteiger partial charge in [0, 0.05) is 12.3 Å². The van der Waals surface area contributed by atoms with Gasteiger partial charge in [-0.1, -0.05) is 20.8 Å². The lowest BCUT2D eigenvalue weighted by atomic mass is 10.2. The average Bonchev–Trinajstić information content (AvgIpc) is 2.69. The standard InChI is InChI=1S/C14H26N2O3Si/c1-14(2,3)20(4,5)18-9-8-16-7-6-13(15-16)19-12-10-17-11-12/h6-7,12H,8-11H2,1-5H3. The molecule has 0 N–H and O–H groups in total. The van der Waals surface area contributed by atoms with E-state index in [1.165, 1.54) is 0 Å². The third-order valence-corrected chi connectivity index (χ3v) is 8.64. The van der Waals surface area contributed by atoms with Crippen molar-refractivity contribution >= 4 is 8.32 Å². The number of nitrogens with zero attached hydrogens (tertiary/aromatic N) is 2. The van der Waals surface area contributed by atoms with E-state index in [1.54, 1.807) is 0 Å². The minimum atomic E-state index is -1.66. The van der Waals surface area contributed by atoms with Crippen molar-refractivity contribution in [2.75, 3.05) is 19.8 Å². The van der Waals surface area contributed by atoms with Crippen LogP contribution in [-0.4, -0.2) is 44.0 Å². The first-order chi connectivity index (χ1) is 9.28. The first-order valence-electron chi connectivity index (χ1n) is 7.20. The maximum absolute atomic E-state index is 6.14. The molecule has 1 aliphatic heterocycles. The third-order valence-electron chi connectivity index (χ3n) is 4.10. The van der Waals surface area contributed by atoms with E-state index in [1.807, 2.05) is 16.9 Å². The number of hydrogen-bond donors (Lipinski definition) is 0. The molecule has 6 heteroatoms. The molecule has 1 aromatic rings. The second-order valence-corrected chi connectivity index (χ2v) is 11.6. The predicted octanol–water partition coefficient (Wildman–Crippen LogP) is 2.68. The van der Waals surface area contributed by atoms with Crippen LogP contribution in [0.15, 0.2) is 12.3 Å². The van der Waals surface area contributed by atoms with E-state index in [-0.39, 0.29) is 11.1 Å². The highest BCUT2D eigenvalue weighted by molar-refractivity contribution is 6.74. The predicted molar refractivity (Wildman–Crippen MR) is 80.6 cm³/mol. The first-order valence-corrected chi connectivity index (χ1v) is 10.1. The summed E-state index contributed by atoms with van der Waals surface area (Å²) in [6.07, 6.45) is 2.10. The van der Waals surface area contributed by atoms with Crippen molar-refractivity contribution in [1.29, 1.82) is 0 Å². The molecule has 2 heterocycles. The maximum Gasteiger partial charge on any atom is 0.233 e. The van der Waals surface area contributed by atoms with E-state index in [2.05, 4.69) is 39.0 Å². The van der Waals surface area contributed by atoms with E-state index in [0.29, 0.717) is 25.7 Å². The van der Waals surface area contributed by atoms with Crippen molar-refractivity contribution in [1.82, 2.24) is 9.78 Å². The topological polar surface area (TPSA) is 45.5 Å². The number of rotatable bonds is 6. The Morgan fingerprint density at radius 1 is 1.40 bits per heavy atom. The summed E-state index contributed by atoms with van der Waals surface area (Å²) in [6, 6.07) is 1.89. The zero-order valence-corrected chi connectivity index (χ0v) is 14.2. The van der Waals surface area contributed by atoms with Crippen molar-refractivity contribution in [3.8, 4) is 5.88 Å². The van der Waals surface area contributed by atoms with Gasteiger partial charge in [0.25, 0.3) is 0 Å². The molecular weight excluding hydrogens is 272 g/mol. The monoisotopic (exact) mass is 298 g/mol. The van der Waals surface area contributed by atoms with Crippen molar-refractivity contribution in [2.45, 2.75) is 51.6 Å². The molecule has 1 fully saturated rings. The molecule has 0 atom stereocenters. The molecule has 0 radical (unpaired) electrons. The zero-order chi connectivity index (χ0) is 14.8. The SMILES string of the molecule is CC(C)(C)[Si](C)(C)OCCn1ccc(OC2COC2)n1. The molecule has 1 saturated heterocycles. The summed E-state index contributed by atoms with van der Waals surface area (Å²) >= 11 is 0. The van der Waals surface area contributed by atoms with E-state index in [9.17, 15) is 0 Å². The third kappa shape index (κ3) is 3.83. The Hall–Kier alpha value is -0.853. The Morgan fingerprint density at radius 3 is 2.65 bits per heavy atom. The van der Waals surface area contributed by atoms with Crippen LogP contribution in [0.2, 0.25) is 18.1 Å². The van der Waals surface area contributed by atoms with E-state index >= 15 is 0 Å². The first kappa shape index (κ1) is 15.5. The minimum Gasteiger partial charge on any atom is -0.468 e. The van der Waals surface area contributed by atoms with Crippen LogP contribution in [-0.2, 0) is 15.7 Å². The molecule has 1 aromatic heterocycles. The van der Waals surface area contributed by atoms with Crippen LogP contribution in [0.25, 0.3) is 0 Å². The van der Waals surface area contributed by atoms with Crippen LogP contribution in [0.4, 0.5) is 0 Å². The molecule has 0 bridgehead atoms. The van der Waals surface area contributed by atoms with Gasteiger partial charge in [-0.2, -0.15) is 0 Å². The fourth-order valence-corrected chi connectivity index (χ4v) is 2.63. The maximum atomic E-state index is 6.14. The molecule has 0 saturated carbocycles. The average molecular weight is 298 g/mol. The fourth-order valence-electron chi connectivity index (χ4n) is 1.59. The lowest BCUT2D eigenvalue weighted by molar-refractivity contribution is -0.0815. The van der Waals surface area contributed by atoms with Crippen LogP contribution >= 0.6 is 0 Å². The lowest BCUT2D eigenvalue weighted by Gasteiger charge is -2.36. The van der Waals surface area contributed by atoms with Gasteiger partial charge in [0.1, 0.15) is 6.10 Å². The number of hydrogen-bond acceptors (Lipinski definition) is 4. The lowest BCUT2D eigenvalue weighted by Crippen LogP contribution is -2.41. The van der Waals surface area contributed by atoms with Crippen molar-refractivity contribution < 1.29 is 13.9 Å². The van der Waals surface area contributed by atoms with Crippen LogP contribution in [0, 0.1) is 0 Å². The molecule has 0 unspecified atom stereocenters. The number of ether oxygens (including phenoxy) is 2. The van der Waals surface area contributed by atoms with Crippen LogP contribution in [0.3, 0.4) is 0 Å². The smallest absolute Gasteiger partial charge is 0.233 e. The van der Waals surface area contributed by atoms with Crippen molar-refractivity contribution in [2.24, 2.45) is 0 Å². The van der Waals surface area contributed by atoms with Crippen LogP contribution in [0.5, 0.6) is 5.88 Å². The van der Waals surface area contributed by atoms with Gasteiger partial charge in [-0.25, -0.2) is 0 Å². The highest BCUT2D eigenvalue weighted by Crippen LogP contribution is 2.36. The van der Waals surface area contributed by atoms with Gasteiger partial charge in [-0.05, 0) is 18.1 Å². The largest absolute Gasteiger partial charge is 0.468 e. The van der Waals surface area contributed by atoms with Gasteiger partial charge in [0.05, 0.1) is 26.4 Å². The quantitative estimate of drug-likeness (QED) is 0.758. The molecule has 0 aromatic carbocycles. The van der Waals surface area contributed by atoms with E-state index in [4.69, 9.17) is 13.9 Å². The summed E-state index contributed by atoms with van der Waals surface area (Å²) in [4.78, 5) is 0. The highest BCUT2D eigenvalue weighted by atomic mass is 28.4. The van der Waals surface area contributed by atoms with Gasteiger partial charge in [0.15, 0.2) is 8.32 Å². The van der Waals surface area contributed by atoms with E-state index < -0.39 is 8.32 Å². The normalized spacial score (nSPS) is 17.1.